The summed E-state index contributed by atoms with van der Waals surface area (Å²) in [5.74, 6) is 1.50. The van der Waals surface area contributed by atoms with Gasteiger partial charge in [0.05, 0.1) is 12.6 Å². The highest BCUT2D eigenvalue weighted by Crippen LogP contribution is 2.18. The number of nitrogens with zero attached hydrogens (tertiary/aromatic N) is 2. The molecule has 0 radical (unpaired) electrons. The fourth-order valence-electron chi connectivity index (χ4n) is 4.63. The molecular formula is C26H36N2O2. The van der Waals surface area contributed by atoms with Gasteiger partial charge in [0.15, 0.2) is 0 Å². The Morgan fingerprint density at radius 1 is 0.800 bits per heavy atom. The monoisotopic (exact) mass is 408 g/mol. The van der Waals surface area contributed by atoms with Crippen LogP contribution in [-0.4, -0.2) is 53.0 Å². The van der Waals surface area contributed by atoms with Gasteiger partial charge in [-0.15, -0.1) is 0 Å². The van der Waals surface area contributed by atoms with E-state index in [1.165, 1.54) is 11.1 Å². The Morgan fingerprint density at radius 3 is 1.87 bits per heavy atom. The third-order valence-corrected chi connectivity index (χ3v) is 5.76. The molecule has 0 amide bonds. The normalized spacial score (nSPS) is 25.4. The molecule has 2 aliphatic rings. The zero-order chi connectivity index (χ0) is 21.3. The molecule has 2 heterocycles. The van der Waals surface area contributed by atoms with Gasteiger partial charge in [0.1, 0.15) is 5.78 Å². The predicted octanol–water partition coefficient (Wildman–Crippen LogP) is 3.99. The Labute approximate surface area is 181 Å². The van der Waals surface area contributed by atoms with Gasteiger partial charge in [-0.3, -0.25) is 14.6 Å². The minimum absolute atomic E-state index is 0.141. The number of aliphatic hydroxyl groups is 1. The Hall–Kier alpha value is -2.01. The van der Waals surface area contributed by atoms with Crippen molar-refractivity contribution in [2.75, 3.05) is 26.2 Å². The molecule has 30 heavy (non-hydrogen) atoms. The van der Waals surface area contributed by atoms with Crippen molar-refractivity contribution in [2.24, 2.45) is 11.8 Å². The highest BCUT2D eigenvalue weighted by molar-refractivity contribution is 5.81. The molecule has 0 unspecified atom stereocenters. The molecule has 0 bridgehead atoms. The zero-order valence-corrected chi connectivity index (χ0v) is 18.4. The lowest BCUT2D eigenvalue weighted by Crippen LogP contribution is -2.41. The minimum Gasteiger partial charge on any atom is -0.392 e. The number of hydrogen-bond acceptors (Lipinski definition) is 4. The average molecular weight is 409 g/mol. The first-order valence-corrected chi connectivity index (χ1v) is 11.2. The van der Waals surface area contributed by atoms with Gasteiger partial charge >= 0.3 is 0 Å². The maximum Gasteiger partial charge on any atom is 0.147 e. The summed E-state index contributed by atoms with van der Waals surface area (Å²) < 4.78 is 0. The number of rotatable bonds is 4. The summed E-state index contributed by atoms with van der Waals surface area (Å²) in [7, 11) is 0. The molecule has 0 aromatic heterocycles. The highest BCUT2D eigenvalue weighted by atomic mass is 16.3. The minimum atomic E-state index is -0.141. The molecule has 1 N–H and O–H groups in total. The highest BCUT2D eigenvalue weighted by Gasteiger charge is 2.23. The van der Waals surface area contributed by atoms with Crippen molar-refractivity contribution >= 4 is 5.78 Å². The van der Waals surface area contributed by atoms with Gasteiger partial charge in [-0.25, -0.2) is 0 Å². The molecule has 2 saturated heterocycles. The van der Waals surface area contributed by atoms with Crippen molar-refractivity contribution in [1.82, 2.24) is 9.80 Å². The summed E-state index contributed by atoms with van der Waals surface area (Å²) in [4.78, 5) is 16.0. The van der Waals surface area contributed by atoms with Crippen LogP contribution in [0, 0.1) is 11.8 Å². The molecule has 2 aromatic rings. The van der Waals surface area contributed by atoms with Crippen LogP contribution < -0.4 is 0 Å². The van der Waals surface area contributed by atoms with E-state index in [2.05, 4.69) is 60.0 Å². The van der Waals surface area contributed by atoms with Crippen LogP contribution in [0.25, 0.3) is 0 Å². The molecule has 2 aromatic carbocycles. The van der Waals surface area contributed by atoms with E-state index in [-0.39, 0.29) is 6.10 Å². The van der Waals surface area contributed by atoms with E-state index < -0.39 is 0 Å². The van der Waals surface area contributed by atoms with Crippen molar-refractivity contribution in [2.45, 2.75) is 45.9 Å². The summed E-state index contributed by atoms with van der Waals surface area (Å²) in [6.07, 6.45) is 1.56. The van der Waals surface area contributed by atoms with Gasteiger partial charge in [0.25, 0.3) is 0 Å². The average Bonchev–Trinajstić information content (AvgIpc) is 2.68. The number of β-amino-alcohol motifs (C(OH)–C–C–N with tert-alkyl or cyclic N) is 1. The zero-order valence-electron chi connectivity index (χ0n) is 18.4. The number of carbonyl (C=O) groups is 1. The molecule has 162 valence electrons. The van der Waals surface area contributed by atoms with Crippen molar-refractivity contribution in [3.8, 4) is 0 Å². The second-order valence-electron chi connectivity index (χ2n) is 9.18. The van der Waals surface area contributed by atoms with Crippen LogP contribution in [0.1, 0.15) is 37.8 Å². The molecular weight excluding hydrogens is 372 g/mol. The van der Waals surface area contributed by atoms with Crippen molar-refractivity contribution in [3.63, 3.8) is 0 Å². The van der Waals surface area contributed by atoms with Gasteiger partial charge in [-0.2, -0.15) is 0 Å². The first-order chi connectivity index (χ1) is 14.5. The molecule has 4 nitrogen and oxygen atoms in total. The topological polar surface area (TPSA) is 43.8 Å². The van der Waals surface area contributed by atoms with Crippen molar-refractivity contribution < 1.29 is 9.90 Å². The van der Waals surface area contributed by atoms with Gasteiger partial charge in [-0.05, 0) is 29.4 Å². The molecule has 2 aliphatic heterocycles. The van der Waals surface area contributed by atoms with Crippen LogP contribution in [-0.2, 0) is 17.9 Å². The molecule has 0 spiro atoms. The first-order valence-electron chi connectivity index (χ1n) is 11.2. The smallest absolute Gasteiger partial charge is 0.147 e. The molecule has 0 saturated carbocycles. The molecule has 2 fully saturated rings. The quantitative estimate of drug-likeness (QED) is 0.831. The van der Waals surface area contributed by atoms with Gasteiger partial charge in [-0.1, -0.05) is 74.5 Å². The maximum absolute atomic E-state index is 11.4. The fourth-order valence-corrected chi connectivity index (χ4v) is 4.63. The number of piperidine rings is 2. The van der Waals surface area contributed by atoms with E-state index in [4.69, 9.17) is 0 Å². The number of hydrogen-bond donors (Lipinski definition) is 1. The number of aliphatic hydroxyl groups excluding tert-OH is 1. The number of carbonyl (C=O) groups excluding carboxylic acids is 1. The van der Waals surface area contributed by atoms with E-state index in [1.54, 1.807) is 0 Å². The fraction of sp³-hybridized carbons (Fsp3) is 0.500. The van der Waals surface area contributed by atoms with E-state index in [1.807, 2.05) is 24.3 Å². The lowest BCUT2D eigenvalue weighted by atomic mass is 9.97. The number of benzene rings is 2. The number of likely N-dealkylation sites (tertiary alicyclic amines) is 2. The Kier molecular flexibility index (Phi) is 8.61. The standard InChI is InChI=1S/C13H19NO.C13H17NO/c2*1-11-7-13(15)10-14(8-11)9-12-5-3-2-4-6-12/h2-6,11,13,15H,7-10H2,1H3;2-6,11H,7-10H2,1H3/t11-,13-;11-/m11/s1. The van der Waals surface area contributed by atoms with Gasteiger partial charge in [0.2, 0.25) is 0 Å². The number of ketones is 1. The third kappa shape index (κ3) is 7.67. The predicted molar refractivity (Wildman–Crippen MR) is 122 cm³/mol. The summed E-state index contributed by atoms with van der Waals surface area (Å²) in [6, 6.07) is 20.8. The van der Waals surface area contributed by atoms with Crippen LogP contribution >= 0.6 is 0 Å². The molecule has 0 aliphatic carbocycles. The first kappa shape index (κ1) is 22.7. The second-order valence-corrected chi connectivity index (χ2v) is 9.18. The summed E-state index contributed by atoms with van der Waals surface area (Å²) >= 11 is 0. The van der Waals surface area contributed by atoms with Crippen LogP contribution in [0.4, 0.5) is 0 Å². The van der Waals surface area contributed by atoms with Crippen molar-refractivity contribution in [1.29, 1.82) is 0 Å². The van der Waals surface area contributed by atoms with Crippen LogP contribution in [0.5, 0.6) is 0 Å². The van der Waals surface area contributed by atoms with Gasteiger partial charge < -0.3 is 5.11 Å². The lowest BCUT2D eigenvalue weighted by Gasteiger charge is -2.34. The maximum atomic E-state index is 11.4. The van der Waals surface area contributed by atoms with Crippen LogP contribution in [0.15, 0.2) is 60.7 Å². The largest absolute Gasteiger partial charge is 0.392 e. The molecule has 4 heteroatoms. The summed E-state index contributed by atoms with van der Waals surface area (Å²) in [5.41, 5.74) is 2.62. The lowest BCUT2D eigenvalue weighted by molar-refractivity contribution is -0.123. The number of Topliss-reactive ketones (excluding diaryl/α,β-unsaturated/α-hetero) is 1. The van der Waals surface area contributed by atoms with E-state index >= 15 is 0 Å². The van der Waals surface area contributed by atoms with Gasteiger partial charge in [0, 0.05) is 39.1 Å². The van der Waals surface area contributed by atoms with E-state index in [0.717, 1.165) is 45.6 Å². The summed E-state index contributed by atoms with van der Waals surface area (Å²) in [5, 5.41) is 9.69. The Morgan fingerprint density at radius 2 is 1.33 bits per heavy atom. The SMILES string of the molecule is C[C@@H]1CC(=O)CN(Cc2ccccc2)C1.C[C@@H]1C[C@@H](O)CN(Cc2ccccc2)C1. The Balaban J connectivity index is 0.000000171. The van der Waals surface area contributed by atoms with E-state index in [9.17, 15) is 9.90 Å². The third-order valence-electron chi connectivity index (χ3n) is 5.76. The van der Waals surface area contributed by atoms with Crippen LogP contribution in [0.3, 0.4) is 0 Å². The van der Waals surface area contributed by atoms with E-state index in [0.29, 0.717) is 24.2 Å². The van der Waals surface area contributed by atoms with Crippen LogP contribution in [0.2, 0.25) is 0 Å². The molecule has 3 atom stereocenters. The second kappa shape index (κ2) is 11.4. The molecule has 4 rings (SSSR count). The van der Waals surface area contributed by atoms with Crippen molar-refractivity contribution in [3.05, 3.63) is 71.8 Å². The summed E-state index contributed by atoms with van der Waals surface area (Å²) in [6.45, 7) is 9.81. The Bertz CT molecular complexity index is 755.